The van der Waals surface area contributed by atoms with Gasteiger partial charge in [0.2, 0.25) is 0 Å². The molecular formula is C17H25ClN2O3. The zero-order valence-corrected chi connectivity index (χ0v) is 14.5. The fourth-order valence-corrected chi connectivity index (χ4v) is 2.85. The normalized spacial score (nSPS) is 21.9. The van der Waals surface area contributed by atoms with Crippen LogP contribution in [0.1, 0.15) is 20.3 Å². The molecule has 0 bridgehead atoms. The highest BCUT2D eigenvalue weighted by Gasteiger charge is 2.21. The Kier molecular flexibility index (Phi) is 7.15. The van der Waals surface area contributed by atoms with Gasteiger partial charge in [-0.2, -0.15) is 0 Å². The summed E-state index contributed by atoms with van der Waals surface area (Å²) in [5.74, 6) is 0.532. The Hall–Kier alpha value is -1.30. The van der Waals surface area contributed by atoms with E-state index < -0.39 is 0 Å². The molecule has 1 amide bonds. The molecule has 2 unspecified atom stereocenters. The summed E-state index contributed by atoms with van der Waals surface area (Å²) in [5, 5.41) is 3.53. The lowest BCUT2D eigenvalue weighted by atomic mass is 10.2. The number of carbonyl (C=O) groups excluding carboxylic acids is 1. The van der Waals surface area contributed by atoms with Crippen molar-refractivity contribution in [2.75, 3.05) is 32.8 Å². The second-order valence-electron chi connectivity index (χ2n) is 5.96. The number of carbonyl (C=O) groups is 1. The average Bonchev–Trinajstić information content (AvgIpc) is 2.50. The van der Waals surface area contributed by atoms with Crippen molar-refractivity contribution >= 4 is 17.5 Å². The van der Waals surface area contributed by atoms with Crippen LogP contribution in [0.5, 0.6) is 5.75 Å². The lowest BCUT2D eigenvalue weighted by molar-refractivity contribution is -0.123. The summed E-state index contributed by atoms with van der Waals surface area (Å²) in [7, 11) is 0. The van der Waals surface area contributed by atoms with Crippen LogP contribution in [0.15, 0.2) is 24.3 Å². The minimum absolute atomic E-state index is 0.0211. The molecule has 23 heavy (non-hydrogen) atoms. The third-order valence-corrected chi connectivity index (χ3v) is 3.90. The van der Waals surface area contributed by atoms with Crippen molar-refractivity contribution in [2.24, 2.45) is 0 Å². The molecule has 1 aromatic carbocycles. The minimum atomic E-state index is -0.108. The predicted molar refractivity (Wildman–Crippen MR) is 91.0 cm³/mol. The Morgan fingerprint density at radius 1 is 1.30 bits per heavy atom. The number of hydrogen-bond donors (Lipinski definition) is 1. The molecule has 0 aromatic heterocycles. The Morgan fingerprint density at radius 2 is 1.96 bits per heavy atom. The van der Waals surface area contributed by atoms with Crippen LogP contribution in [0, 0.1) is 0 Å². The van der Waals surface area contributed by atoms with Crippen molar-refractivity contribution in [1.29, 1.82) is 0 Å². The molecule has 1 heterocycles. The van der Waals surface area contributed by atoms with E-state index in [0.717, 1.165) is 26.1 Å². The van der Waals surface area contributed by atoms with Gasteiger partial charge in [-0.1, -0.05) is 11.6 Å². The summed E-state index contributed by atoms with van der Waals surface area (Å²) < 4.78 is 11.1. The third kappa shape index (κ3) is 6.77. The predicted octanol–water partition coefficient (Wildman–Crippen LogP) is 2.33. The Morgan fingerprint density at radius 3 is 2.61 bits per heavy atom. The summed E-state index contributed by atoms with van der Waals surface area (Å²) in [5.41, 5.74) is 0. The van der Waals surface area contributed by atoms with Gasteiger partial charge in [-0.3, -0.25) is 9.69 Å². The summed E-state index contributed by atoms with van der Waals surface area (Å²) in [6.07, 6.45) is 1.48. The van der Waals surface area contributed by atoms with Gasteiger partial charge in [-0.15, -0.1) is 0 Å². The van der Waals surface area contributed by atoms with E-state index in [2.05, 4.69) is 24.1 Å². The Labute approximate surface area is 142 Å². The van der Waals surface area contributed by atoms with Crippen molar-refractivity contribution in [3.63, 3.8) is 0 Å². The molecule has 1 N–H and O–H groups in total. The maximum absolute atomic E-state index is 11.7. The quantitative estimate of drug-likeness (QED) is 0.774. The number of ether oxygens (including phenoxy) is 2. The van der Waals surface area contributed by atoms with E-state index in [0.29, 0.717) is 17.3 Å². The van der Waals surface area contributed by atoms with Gasteiger partial charge in [0.25, 0.3) is 5.91 Å². The van der Waals surface area contributed by atoms with Crippen LogP contribution < -0.4 is 10.1 Å². The van der Waals surface area contributed by atoms with E-state index in [4.69, 9.17) is 21.1 Å². The number of halogens is 1. The van der Waals surface area contributed by atoms with Gasteiger partial charge >= 0.3 is 0 Å². The molecule has 0 radical (unpaired) electrons. The van der Waals surface area contributed by atoms with Crippen molar-refractivity contribution < 1.29 is 14.3 Å². The first-order valence-corrected chi connectivity index (χ1v) is 8.43. The zero-order valence-electron chi connectivity index (χ0n) is 13.8. The lowest BCUT2D eigenvalue weighted by Crippen LogP contribution is -2.46. The molecular weight excluding hydrogens is 316 g/mol. The van der Waals surface area contributed by atoms with Gasteiger partial charge in [0.05, 0.1) is 12.2 Å². The van der Waals surface area contributed by atoms with Crippen LogP contribution in [0.2, 0.25) is 5.02 Å². The van der Waals surface area contributed by atoms with E-state index in [1.807, 2.05) is 0 Å². The van der Waals surface area contributed by atoms with Crippen molar-refractivity contribution in [3.8, 4) is 5.75 Å². The standard InChI is InChI=1S/C17H25ClN2O3/c1-13-10-20(11-14(2)23-13)9-3-8-19-17(21)12-22-16-6-4-15(18)5-7-16/h4-7,13-14H,3,8-12H2,1-2H3,(H,19,21). The van der Waals surface area contributed by atoms with Gasteiger partial charge in [-0.05, 0) is 44.5 Å². The Balaban J connectivity index is 1.57. The molecule has 128 valence electrons. The molecule has 1 aromatic rings. The van der Waals surface area contributed by atoms with E-state index >= 15 is 0 Å². The van der Waals surface area contributed by atoms with E-state index in [1.165, 1.54) is 0 Å². The summed E-state index contributed by atoms with van der Waals surface area (Å²) in [6.45, 7) is 7.75. The number of nitrogens with zero attached hydrogens (tertiary/aromatic N) is 1. The number of nitrogens with one attached hydrogen (secondary N) is 1. The Bertz CT molecular complexity index is 485. The fraction of sp³-hybridized carbons (Fsp3) is 0.588. The van der Waals surface area contributed by atoms with E-state index in [9.17, 15) is 4.79 Å². The maximum Gasteiger partial charge on any atom is 0.257 e. The molecule has 1 aliphatic heterocycles. The van der Waals surface area contributed by atoms with Crippen LogP contribution in [0.4, 0.5) is 0 Å². The van der Waals surface area contributed by atoms with Gasteiger partial charge in [0, 0.05) is 31.2 Å². The van der Waals surface area contributed by atoms with Crippen LogP contribution in [-0.4, -0.2) is 55.8 Å². The maximum atomic E-state index is 11.7. The average molecular weight is 341 g/mol. The fourth-order valence-electron chi connectivity index (χ4n) is 2.73. The van der Waals surface area contributed by atoms with Gasteiger partial charge in [-0.25, -0.2) is 0 Å². The summed E-state index contributed by atoms with van der Waals surface area (Å²) >= 11 is 5.79. The molecule has 2 rings (SSSR count). The highest BCUT2D eigenvalue weighted by molar-refractivity contribution is 6.30. The number of morpholine rings is 1. The SMILES string of the molecule is CC1CN(CCCNC(=O)COc2ccc(Cl)cc2)CC(C)O1. The monoisotopic (exact) mass is 340 g/mol. The second-order valence-corrected chi connectivity index (χ2v) is 6.40. The van der Waals surface area contributed by atoms with Crippen LogP contribution in [0.3, 0.4) is 0 Å². The highest BCUT2D eigenvalue weighted by atomic mass is 35.5. The van der Waals surface area contributed by atoms with Crippen molar-refractivity contribution in [3.05, 3.63) is 29.3 Å². The lowest BCUT2D eigenvalue weighted by Gasteiger charge is -2.35. The van der Waals surface area contributed by atoms with Crippen LogP contribution >= 0.6 is 11.6 Å². The molecule has 0 saturated carbocycles. The summed E-state index contributed by atoms with van der Waals surface area (Å²) in [4.78, 5) is 14.1. The van der Waals surface area contributed by atoms with Crippen molar-refractivity contribution in [2.45, 2.75) is 32.5 Å². The van der Waals surface area contributed by atoms with E-state index in [-0.39, 0.29) is 24.7 Å². The molecule has 0 spiro atoms. The van der Waals surface area contributed by atoms with Crippen LogP contribution in [-0.2, 0) is 9.53 Å². The topological polar surface area (TPSA) is 50.8 Å². The second kappa shape index (κ2) is 9.11. The first-order chi connectivity index (χ1) is 11.0. The smallest absolute Gasteiger partial charge is 0.257 e. The summed E-state index contributed by atoms with van der Waals surface area (Å²) in [6, 6.07) is 6.96. The van der Waals surface area contributed by atoms with Gasteiger partial charge in [0.15, 0.2) is 6.61 Å². The number of benzene rings is 1. The molecule has 2 atom stereocenters. The van der Waals surface area contributed by atoms with Crippen LogP contribution in [0.25, 0.3) is 0 Å². The first kappa shape index (κ1) is 18.0. The molecule has 1 aliphatic rings. The van der Waals surface area contributed by atoms with Gasteiger partial charge < -0.3 is 14.8 Å². The molecule has 1 saturated heterocycles. The number of rotatable bonds is 7. The molecule has 0 aliphatic carbocycles. The molecule has 1 fully saturated rings. The zero-order chi connectivity index (χ0) is 16.7. The minimum Gasteiger partial charge on any atom is -0.484 e. The number of amides is 1. The molecule has 5 nitrogen and oxygen atoms in total. The van der Waals surface area contributed by atoms with E-state index in [1.54, 1.807) is 24.3 Å². The first-order valence-electron chi connectivity index (χ1n) is 8.06. The third-order valence-electron chi connectivity index (χ3n) is 3.65. The van der Waals surface area contributed by atoms with Gasteiger partial charge in [0.1, 0.15) is 5.75 Å². The van der Waals surface area contributed by atoms with Crippen molar-refractivity contribution in [1.82, 2.24) is 10.2 Å². The highest BCUT2D eigenvalue weighted by Crippen LogP contribution is 2.15. The number of hydrogen-bond acceptors (Lipinski definition) is 4. The largest absolute Gasteiger partial charge is 0.484 e. The molecule has 6 heteroatoms.